The molecule has 4 rings (SSSR count). The maximum atomic E-state index is 12.6. The molecule has 0 aliphatic rings. The van der Waals surface area contributed by atoms with Gasteiger partial charge in [0.05, 0.1) is 38.7 Å². The molecular weight excluding hydrogens is 398 g/mol. The number of rotatable bonds is 7. The Bertz CT molecular complexity index is 1280. The fourth-order valence-corrected chi connectivity index (χ4v) is 3.87. The first-order chi connectivity index (χ1) is 15.0. The van der Waals surface area contributed by atoms with Crippen LogP contribution in [-0.2, 0) is 11.2 Å². The molecule has 0 aliphatic carbocycles. The number of fused-ring (bicyclic) bond motifs is 3. The molecule has 9 heteroatoms. The van der Waals surface area contributed by atoms with Crippen LogP contribution in [0.1, 0.15) is 11.6 Å². The molecule has 0 bridgehead atoms. The number of nitrogen functional groups attached to an aromatic ring is 1. The van der Waals surface area contributed by atoms with Gasteiger partial charge in [-0.15, -0.1) is 0 Å². The maximum Gasteiger partial charge on any atom is 0.240 e. The lowest BCUT2D eigenvalue weighted by atomic mass is 10.0. The van der Waals surface area contributed by atoms with E-state index in [0.717, 1.165) is 10.9 Å². The van der Waals surface area contributed by atoms with Crippen molar-refractivity contribution >= 4 is 33.7 Å². The number of aromatic nitrogens is 3. The van der Waals surface area contributed by atoms with Gasteiger partial charge in [-0.1, -0.05) is 24.3 Å². The van der Waals surface area contributed by atoms with Gasteiger partial charge < -0.3 is 30.2 Å². The van der Waals surface area contributed by atoms with Gasteiger partial charge in [0.1, 0.15) is 11.6 Å². The van der Waals surface area contributed by atoms with Crippen LogP contribution in [0.5, 0.6) is 17.2 Å². The van der Waals surface area contributed by atoms with Crippen molar-refractivity contribution in [3.63, 3.8) is 0 Å². The number of hydrogen-bond donors (Lipinski definition) is 2. The third-order valence-electron chi connectivity index (χ3n) is 5.30. The fourth-order valence-electron chi connectivity index (χ4n) is 3.87. The highest BCUT2D eigenvalue weighted by molar-refractivity contribution is 6.06. The highest BCUT2D eigenvalue weighted by Gasteiger charge is 2.26. The van der Waals surface area contributed by atoms with Crippen LogP contribution in [0.3, 0.4) is 0 Å². The Morgan fingerprint density at radius 3 is 2.48 bits per heavy atom. The lowest BCUT2D eigenvalue weighted by Gasteiger charge is -2.20. The van der Waals surface area contributed by atoms with Crippen LogP contribution < -0.4 is 25.7 Å². The van der Waals surface area contributed by atoms with E-state index in [1.54, 1.807) is 24.1 Å². The van der Waals surface area contributed by atoms with E-state index in [2.05, 4.69) is 9.97 Å². The Labute approximate surface area is 178 Å². The molecule has 0 saturated carbocycles. The van der Waals surface area contributed by atoms with E-state index >= 15 is 0 Å². The minimum Gasteiger partial charge on any atom is -0.493 e. The molecule has 160 valence electrons. The van der Waals surface area contributed by atoms with E-state index in [0.29, 0.717) is 39.6 Å². The van der Waals surface area contributed by atoms with Crippen LogP contribution in [0.15, 0.2) is 42.7 Å². The van der Waals surface area contributed by atoms with Crippen molar-refractivity contribution in [1.29, 1.82) is 0 Å². The van der Waals surface area contributed by atoms with Gasteiger partial charge in [0.15, 0.2) is 17.3 Å². The van der Waals surface area contributed by atoms with Gasteiger partial charge in [-0.3, -0.25) is 4.79 Å². The molecule has 4 aromatic rings. The molecule has 0 aliphatic heterocycles. The molecule has 9 nitrogen and oxygen atoms in total. The monoisotopic (exact) mass is 421 g/mol. The van der Waals surface area contributed by atoms with Gasteiger partial charge in [-0.25, -0.2) is 9.97 Å². The second kappa shape index (κ2) is 8.02. The zero-order chi connectivity index (χ0) is 22.1. The number of imidazole rings is 1. The normalized spacial score (nSPS) is 12.1. The Balaban J connectivity index is 1.89. The summed E-state index contributed by atoms with van der Waals surface area (Å²) in [7, 11) is 4.61. The number of anilines is 1. The highest BCUT2D eigenvalue weighted by Crippen LogP contribution is 2.41. The molecule has 1 amide bonds. The third-order valence-corrected chi connectivity index (χ3v) is 5.30. The summed E-state index contributed by atoms with van der Waals surface area (Å²) in [5.41, 5.74) is 14.6. The number of amides is 1. The molecule has 0 spiro atoms. The first-order valence-corrected chi connectivity index (χ1v) is 9.58. The molecule has 4 N–H and O–H groups in total. The number of nitrogens with two attached hydrogens (primary N) is 2. The number of ether oxygens (including phenoxy) is 3. The second-order valence-corrected chi connectivity index (χ2v) is 6.98. The average molecular weight is 421 g/mol. The zero-order valence-electron chi connectivity index (χ0n) is 17.5. The van der Waals surface area contributed by atoms with E-state index in [1.165, 1.54) is 14.2 Å². The first-order valence-electron chi connectivity index (χ1n) is 9.58. The zero-order valence-corrected chi connectivity index (χ0v) is 17.5. The van der Waals surface area contributed by atoms with Crippen LogP contribution in [-0.4, -0.2) is 41.8 Å². The fraction of sp³-hybridized carbons (Fsp3) is 0.227. The van der Waals surface area contributed by atoms with Gasteiger partial charge in [-0.2, -0.15) is 0 Å². The highest BCUT2D eigenvalue weighted by atomic mass is 16.5. The summed E-state index contributed by atoms with van der Waals surface area (Å²) in [5.74, 6) is 1.22. The van der Waals surface area contributed by atoms with Crippen molar-refractivity contribution in [2.24, 2.45) is 5.73 Å². The van der Waals surface area contributed by atoms with Gasteiger partial charge in [-0.05, 0) is 12.1 Å². The van der Waals surface area contributed by atoms with Crippen molar-refractivity contribution in [3.8, 4) is 17.2 Å². The Hall–Kier alpha value is -4.01. The predicted molar refractivity (Wildman–Crippen MR) is 117 cm³/mol. The molecule has 2 aromatic carbocycles. The summed E-state index contributed by atoms with van der Waals surface area (Å²) in [5, 5.41) is 0.828. The molecule has 2 heterocycles. The predicted octanol–water partition coefficient (Wildman–Crippen LogP) is 2.46. The van der Waals surface area contributed by atoms with Gasteiger partial charge in [0.25, 0.3) is 0 Å². The molecule has 2 aromatic heterocycles. The van der Waals surface area contributed by atoms with Gasteiger partial charge in [0, 0.05) is 17.4 Å². The number of benzene rings is 2. The topological polar surface area (TPSA) is 128 Å². The smallest absolute Gasteiger partial charge is 0.240 e. The van der Waals surface area contributed by atoms with E-state index in [1.807, 2.05) is 30.3 Å². The molecule has 31 heavy (non-hydrogen) atoms. The molecule has 1 unspecified atom stereocenters. The van der Waals surface area contributed by atoms with Crippen LogP contribution in [0.25, 0.3) is 21.9 Å². The number of para-hydroxylation sites is 1. The minimum atomic E-state index is -0.748. The van der Waals surface area contributed by atoms with Gasteiger partial charge >= 0.3 is 0 Å². The van der Waals surface area contributed by atoms with Crippen LogP contribution >= 0.6 is 0 Å². The molecule has 0 saturated heterocycles. The number of carbonyl (C=O) groups is 1. The van der Waals surface area contributed by atoms with Crippen molar-refractivity contribution < 1.29 is 19.0 Å². The quantitative estimate of drug-likeness (QED) is 0.469. The minimum absolute atomic E-state index is 0.251. The molecule has 0 fully saturated rings. The average Bonchev–Trinajstić information content (AvgIpc) is 3.22. The number of carbonyl (C=O) groups excluding carboxylic acids is 1. The Kier molecular flexibility index (Phi) is 5.24. The molecular formula is C22H23N5O4. The first kappa shape index (κ1) is 20.3. The standard InChI is InChI=1S/C22H23N5O4/c1-29-16-9-8-12(19(30-2)20(16)31-3)10-15(22(24)28)27-11-25-17-18(27)13-6-4-5-7-14(13)26-21(17)23/h4-9,11,15H,10H2,1-3H3,(H2,23,26)(H2,24,28). The lowest BCUT2D eigenvalue weighted by Crippen LogP contribution is -2.28. The third kappa shape index (κ3) is 3.33. The number of nitrogens with zero attached hydrogens (tertiary/aromatic N) is 3. The summed E-state index contributed by atoms with van der Waals surface area (Å²) in [6, 6.07) is 10.4. The van der Waals surface area contributed by atoms with E-state index in [9.17, 15) is 4.79 Å². The van der Waals surface area contributed by atoms with Crippen LogP contribution in [0.2, 0.25) is 0 Å². The molecule has 0 radical (unpaired) electrons. The summed E-state index contributed by atoms with van der Waals surface area (Å²) in [6.45, 7) is 0. The van der Waals surface area contributed by atoms with E-state index < -0.39 is 11.9 Å². The largest absolute Gasteiger partial charge is 0.493 e. The summed E-state index contributed by atoms with van der Waals surface area (Å²) < 4.78 is 18.1. The summed E-state index contributed by atoms with van der Waals surface area (Å²) >= 11 is 0. The van der Waals surface area contributed by atoms with Crippen LogP contribution in [0, 0.1) is 0 Å². The van der Waals surface area contributed by atoms with Crippen LogP contribution in [0.4, 0.5) is 5.82 Å². The number of hydrogen-bond acceptors (Lipinski definition) is 7. The lowest BCUT2D eigenvalue weighted by molar-refractivity contribution is -0.121. The Morgan fingerprint density at radius 2 is 1.81 bits per heavy atom. The second-order valence-electron chi connectivity index (χ2n) is 6.98. The maximum absolute atomic E-state index is 12.6. The van der Waals surface area contributed by atoms with Crippen molar-refractivity contribution in [3.05, 3.63) is 48.3 Å². The number of primary amides is 1. The van der Waals surface area contributed by atoms with Gasteiger partial charge in [0.2, 0.25) is 11.7 Å². The van der Waals surface area contributed by atoms with Crippen molar-refractivity contribution in [2.45, 2.75) is 12.5 Å². The van der Waals surface area contributed by atoms with E-state index in [-0.39, 0.29) is 6.42 Å². The molecule has 1 atom stereocenters. The Morgan fingerprint density at radius 1 is 1.06 bits per heavy atom. The number of methoxy groups -OCH3 is 3. The van der Waals surface area contributed by atoms with E-state index in [4.69, 9.17) is 25.7 Å². The summed E-state index contributed by atoms with van der Waals surface area (Å²) in [4.78, 5) is 21.4. The van der Waals surface area contributed by atoms with Crippen molar-refractivity contribution in [1.82, 2.24) is 14.5 Å². The number of pyridine rings is 1. The SMILES string of the molecule is COc1ccc(CC(C(N)=O)n2cnc3c(N)nc4ccccc4c32)c(OC)c1OC. The van der Waals surface area contributed by atoms with Crippen molar-refractivity contribution in [2.75, 3.05) is 27.1 Å². The summed E-state index contributed by atoms with van der Waals surface area (Å²) in [6.07, 6.45) is 1.82.